The Hall–Kier alpha value is -3.28. The minimum atomic E-state index is -0.947. The molecule has 5 N–H and O–H groups in total. The third-order valence-electron chi connectivity index (χ3n) is 8.17. The summed E-state index contributed by atoms with van der Waals surface area (Å²) in [5.41, 5.74) is 12.6. The van der Waals surface area contributed by atoms with Crippen LogP contribution in [-0.2, 0) is 11.3 Å². The molecular formula is C29H44N8O3. The van der Waals surface area contributed by atoms with E-state index in [-0.39, 0.29) is 17.8 Å². The maximum absolute atomic E-state index is 12.8. The molecular weight excluding hydrogens is 508 g/mol. The predicted molar refractivity (Wildman–Crippen MR) is 156 cm³/mol. The van der Waals surface area contributed by atoms with Gasteiger partial charge in [0.05, 0.1) is 11.2 Å². The molecule has 1 saturated carbocycles. The van der Waals surface area contributed by atoms with Gasteiger partial charge in [0.2, 0.25) is 5.91 Å². The molecule has 1 aliphatic carbocycles. The van der Waals surface area contributed by atoms with Gasteiger partial charge in [-0.05, 0) is 69.3 Å². The molecule has 0 bridgehead atoms. The minimum Gasteiger partial charge on any atom is -0.338 e. The molecule has 0 spiro atoms. The molecule has 1 aromatic carbocycles. The molecule has 11 heteroatoms. The van der Waals surface area contributed by atoms with Crippen molar-refractivity contribution < 1.29 is 9.59 Å². The van der Waals surface area contributed by atoms with Gasteiger partial charge in [0.15, 0.2) is 0 Å². The molecule has 3 unspecified atom stereocenters. The number of carbonyl (C=O) groups is 2. The number of nitrogens with one attached hydrogen (secondary N) is 1. The fourth-order valence-electron chi connectivity index (χ4n) is 5.60. The van der Waals surface area contributed by atoms with Crippen LogP contribution in [0.15, 0.2) is 41.3 Å². The number of anilines is 1. The Morgan fingerprint density at radius 2 is 1.73 bits per heavy atom. The standard InChI is InChI=1S/C29H44N8O3/c1-5-34(23-10-11-24(30)20(2)18-23)19-21-6-8-22(9-7-21)37-13-12-25(33-28(37)40)32-27(39)36-16-14-35(15-17-36)26(38)29(3,4)31/h6-9,12-13,20,23-24H,5,10-11,14-19,30-31H2,1-4H3,(H,32,33,39,40). The normalized spacial score (nSPS) is 21.9. The van der Waals surface area contributed by atoms with Crippen LogP contribution in [0.5, 0.6) is 0 Å². The summed E-state index contributed by atoms with van der Waals surface area (Å²) in [6, 6.07) is 10.0. The second kappa shape index (κ2) is 12.5. The van der Waals surface area contributed by atoms with Crippen molar-refractivity contribution in [2.24, 2.45) is 17.4 Å². The third-order valence-corrected chi connectivity index (χ3v) is 8.17. The molecule has 2 aromatic rings. The Balaban J connectivity index is 1.33. The van der Waals surface area contributed by atoms with E-state index in [4.69, 9.17) is 11.5 Å². The first-order valence-electron chi connectivity index (χ1n) is 14.3. The van der Waals surface area contributed by atoms with E-state index < -0.39 is 11.2 Å². The zero-order valence-corrected chi connectivity index (χ0v) is 24.2. The molecule has 4 rings (SSSR count). The number of nitrogens with two attached hydrogens (primary N) is 2. The SMILES string of the molecule is CCN(Cc1ccc(-n2ccc(NC(=O)N3CCN(C(=O)C(C)(C)N)CC3)nc2=O)cc1)C1CCC(N)C(C)C1. The summed E-state index contributed by atoms with van der Waals surface area (Å²) in [4.78, 5) is 47.7. The van der Waals surface area contributed by atoms with Gasteiger partial charge in [0.1, 0.15) is 5.82 Å². The largest absolute Gasteiger partial charge is 0.354 e. The smallest absolute Gasteiger partial charge is 0.338 e. The van der Waals surface area contributed by atoms with Crippen LogP contribution in [0, 0.1) is 5.92 Å². The highest BCUT2D eigenvalue weighted by atomic mass is 16.2. The zero-order chi connectivity index (χ0) is 29.0. The molecule has 11 nitrogen and oxygen atoms in total. The van der Waals surface area contributed by atoms with E-state index in [9.17, 15) is 14.4 Å². The quantitative estimate of drug-likeness (QED) is 0.477. The highest BCUT2D eigenvalue weighted by Crippen LogP contribution is 2.28. The van der Waals surface area contributed by atoms with Crippen LogP contribution in [0.25, 0.3) is 5.69 Å². The summed E-state index contributed by atoms with van der Waals surface area (Å²) < 4.78 is 1.46. The van der Waals surface area contributed by atoms with Crippen molar-refractivity contribution in [2.45, 2.75) is 71.1 Å². The number of nitrogens with zero attached hydrogens (tertiary/aromatic N) is 5. The molecule has 218 valence electrons. The Morgan fingerprint density at radius 1 is 1.07 bits per heavy atom. The number of amides is 3. The first kappa shape index (κ1) is 29.7. The topological polar surface area (TPSA) is 143 Å². The second-order valence-corrected chi connectivity index (χ2v) is 11.7. The average Bonchev–Trinajstić information content (AvgIpc) is 2.93. The second-order valence-electron chi connectivity index (χ2n) is 11.7. The van der Waals surface area contributed by atoms with Crippen LogP contribution in [0.1, 0.15) is 52.5 Å². The van der Waals surface area contributed by atoms with Gasteiger partial charge in [0.25, 0.3) is 0 Å². The number of benzene rings is 1. The van der Waals surface area contributed by atoms with E-state index in [0.717, 1.165) is 32.4 Å². The lowest BCUT2D eigenvalue weighted by molar-refractivity contribution is -0.137. The van der Waals surface area contributed by atoms with Crippen molar-refractivity contribution in [1.82, 2.24) is 24.3 Å². The van der Waals surface area contributed by atoms with Crippen molar-refractivity contribution in [2.75, 3.05) is 38.0 Å². The lowest BCUT2D eigenvalue weighted by Gasteiger charge is -2.38. The molecule has 2 heterocycles. The van der Waals surface area contributed by atoms with Gasteiger partial charge < -0.3 is 21.3 Å². The first-order chi connectivity index (χ1) is 19.0. The summed E-state index contributed by atoms with van der Waals surface area (Å²) in [6.07, 6.45) is 4.94. The summed E-state index contributed by atoms with van der Waals surface area (Å²) in [7, 11) is 0. The van der Waals surface area contributed by atoms with Gasteiger partial charge in [-0.3, -0.25) is 19.6 Å². The van der Waals surface area contributed by atoms with Gasteiger partial charge in [-0.2, -0.15) is 4.98 Å². The Bertz CT molecular complexity index is 1230. The number of piperazine rings is 1. The van der Waals surface area contributed by atoms with Gasteiger partial charge in [-0.25, -0.2) is 9.59 Å². The van der Waals surface area contributed by atoms with Crippen molar-refractivity contribution in [3.8, 4) is 5.69 Å². The predicted octanol–water partition coefficient (Wildman–Crippen LogP) is 1.98. The number of urea groups is 1. The maximum atomic E-state index is 12.8. The van der Waals surface area contributed by atoms with Crippen LogP contribution < -0.4 is 22.5 Å². The number of hydrogen-bond acceptors (Lipinski definition) is 7. The van der Waals surface area contributed by atoms with Gasteiger partial charge in [-0.15, -0.1) is 0 Å². The number of hydrogen-bond donors (Lipinski definition) is 3. The van der Waals surface area contributed by atoms with Gasteiger partial charge in [-0.1, -0.05) is 26.0 Å². The number of aromatic nitrogens is 2. The summed E-state index contributed by atoms with van der Waals surface area (Å²) in [5, 5.41) is 2.70. The van der Waals surface area contributed by atoms with E-state index in [1.165, 1.54) is 10.1 Å². The highest BCUT2D eigenvalue weighted by molar-refractivity contribution is 5.89. The van der Waals surface area contributed by atoms with Crippen molar-refractivity contribution >= 4 is 17.8 Å². The third kappa shape index (κ3) is 7.07. The molecule has 2 fully saturated rings. The number of carbonyl (C=O) groups excluding carboxylic acids is 2. The fourth-order valence-corrected chi connectivity index (χ4v) is 5.60. The van der Waals surface area contributed by atoms with E-state index in [2.05, 4.69) is 29.0 Å². The van der Waals surface area contributed by atoms with E-state index in [1.807, 2.05) is 24.3 Å². The van der Waals surface area contributed by atoms with Crippen molar-refractivity contribution in [3.63, 3.8) is 0 Å². The van der Waals surface area contributed by atoms with E-state index >= 15 is 0 Å². The molecule has 2 aliphatic rings. The molecule has 1 aliphatic heterocycles. The molecule has 0 radical (unpaired) electrons. The molecule has 3 amide bonds. The van der Waals surface area contributed by atoms with Gasteiger partial charge >= 0.3 is 11.7 Å². The minimum absolute atomic E-state index is 0.141. The van der Waals surface area contributed by atoms with Crippen LogP contribution in [-0.4, -0.2) is 86.5 Å². The van der Waals surface area contributed by atoms with Crippen LogP contribution >= 0.6 is 0 Å². The monoisotopic (exact) mass is 552 g/mol. The molecule has 1 aromatic heterocycles. The van der Waals surface area contributed by atoms with Crippen LogP contribution in [0.3, 0.4) is 0 Å². The van der Waals surface area contributed by atoms with Crippen molar-refractivity contribution in [3.05, 3.63) is 52.6 Å². The Morgan fingerprint density at radius 3 is 2.30 bits per heavy atom. The van der Waals surface area contributed by atoms with Crippen LogP contribution in [0.2, 0.25) is 0 Å². The lowest BCUT2D eigenvalue weighted by Crippen LogP contribution is -2.58. The van der Waals surface area contributed by atoms with E-state index in [0.29, 0.717) is 49.9 Å². The van der Waals surface area contributed by atoms with E-state index in [1.54, 1.807) is 35.9 Å². The number of rotatable bonds is 7. The lowest BCUT2D eigenvalue weighted by atomic mass is 9.82. The summed E-state index contributed by atoms with van der Waals surface area (Å²) >= 11 is 0. The van der Waals surface area contributed by atoms with Crippen molar-refractivity contribution in [1.29, 1.82) is 0 Å². The van der Waals surface area contributed by atoms with Gasteiger partial charge in [0, 0.05) is 51.0 Å². The molecule has 40 heavy (non-hydrogen) atoms. The molecule has 1 saturated heterocycles. The summed E-state index contributed by atoms with van der Waals surface area (Å²) in [5.74, 6) is 0.578. The van der Waals surface area contributed by atoms with Crippen LogP contribution in [0.4, 0.5) is 10.6 Å². The molecule has 3 atom stereocenters. The maximum Gasteiger partial charge on any atom is 0.354 e. The first-order valence-corrected chi connectivity index (χ1v) is 14.3. The Labute approximate surface area is 236 Å². The highest BCUT2D eigenvalue weighted by Gasteiger charge is 2.31. The average molecular weight is 553 g/mol. The zero-order valence-electron chi connectivity index (χ0n) is 24.2. The fraction of sp³-hybridized carbons (Fsp3) is 0.586. The Kier molecular flexibility index (Phi) is 9.27. The summed E-state index contributed by atoms with van der Waals surface area (Å²) in [6.45, 7) is 11.2.